The van der Waals surface area contributed by atoms with Crippen molar-refractivity contribution in [1.82, 2.24) is 15.3 Å². The first-order chi connectivity index (χ1) is 16.4. The lowest BCUT2D eigenvalue weighted by Crippen LogP contribution is -2.45. The first-order valence-corrected chi connectivity index (χ1v) is 12.4. The van der Waals surface area contributed by atoms with Crippen molar-refractivity contribution in [2.75, 3.05) is 29.9 Å². The molecule has 1 aromatic carbocycles. The number of aromatic nitrogens is 2. The van der Waals surface area contributed by atoms with Gasteiger partial charge in [-0.1, -0.05) is 0 Å². The average molecular weight is 468 g/mol. The van der Waals surface area contributed by atoms with Gasteiger partial charge in [0.25, 0.3) is 0 Å². The van der Waals surface area contributed by atoms with Crippen LogP contribution in [0.4, 0.5) is 17.3 Å². The highest BCUT2D eigenvalue weighted by Gasteiger charge is 2.23. The first-order valence-electron chi connectivity index (χ1n) is 12.4. The third-order valence-electron chi connectivity index (χ3n) is 6.54. The molecule has 0 bridgehead atoms. The normalized spacial score (nSPS) is 25.0. The Morgan fingerprint density at radius 3 is 2.44 bits per heavy atom. The quantitative estimate of drug-likeness (QED) is 0.630. The molecule has 8 nitrogen and oxygen atoms in total. The third-order valence-corrected chi connectivity index (χ3v) is 6.54. The van der Waals surface area contributed by atoms with Gasteiger partial charge in [0, 0.05) is 49.2 Å². The summed E-state index contributed by atoms with van der Waals surface area (Å²) in [4.78, 5) is 22.7. The van der Waals surface area contributed by atoms with Crippen LogP contribution in [0.5, 0.6) is 5.88 Å². The van der Waals surface area contributed by atoms with E-state index >= 15 is 0 Å². The van der Waals surface area contributed by atoms with Crippen molar-refractivity contribution in [2.45, 2.75) is 71.6 Å². The number of anilines is 3. The number of carbonyl (C=O) groups is 1. The second-order valence-corrected chi connectivity index (χ2v) is 9.75. The predicted octanol–water partition coefficient (Wildman–Crippen LogP) is 4.22. The van der Waals surface area contributed by atoms with Gasteiger partial charge >= 0.3 is 0 Å². The average Bonchev–Trinajstić information content (AvgIpc) is 2.80. The van der Waals surface area contributed by atoms with Gasteiger partial charge in [-0.2, -0.15) is 4.98 Å². The molecule has 2 aliphatic rings. The van der Waals surface area contributed by atoms with Gasteiger partial charge in [0.05, 0.1) is 18.8 Å². The molecule has 1 amide bonds. The SMILES string of the molecule is CC(=O)NC1CCC(COc2nc(Nc3ccc(N4C[C@@H](C)O[C@@H](C)C4)cc3)ncc2C)CC1. The molecular formula is C26H37N5O3. The number of morpholine rings is 1. The Bertz CT molecular complexity index is 949. The van der Waals surface area contributed by atoms with E-state index in [-0.39, 0.29) is 18.1 Å². The Morgan fingerprint density at radius 2 is 1.79 bits per heavy atom. The van der Waals surface area contributed by atoms with Gasteiger partial charge in [-0.05, 0) is 76.6 Å². The number of rotatable bonds is 7. The van der Waals surface area contributed by atoms with E-state index in [2.05, 4.69) is 63.6 Å². The molecule has 1 aliphatic heterocycles. The number of hydrogen-bond donors (Lipinski definition) is 2. The molecule has 1 aromatic heterocycles. The van der Waals surface area contributed by atoms with Crippen LogP contribution < -0.4 is 20.3 Å². The maximum atomic E-state index is 11.3. The Labute approximate surface area is 202 Å². The minimum Gasteiger partial charge on any atom is -0.477 e. The molecule has 184 valence electrons. The number of aryl methyl sites for hydroxylation is 1. The summed E-state index contributed by atoms with van der Waals surface area (Å²) in [6.07, 6.45) is 6.35. The monoisotopic (exact) mass is 467 g/mol. The fourth-order valence-corrected chi connectivity index (χ4v) is 4.86. The fraction of sp³-hybridized carbons (Fsp3) is 0.577. The first kappa shape index (κ1) is 24.3. The van der Waals surface area contributed by atoms with Crippen LogP contribution in [0.25, 0.3) is 0 Å². The van der Waals surface area contributed by atoms with Gasteiger partial charge in [0.2, 0.25) is 17.7 Å². The number of hydrogen-bond acceptors (Lipinski definition) is 7. The van der Waals surface area contributed by atoms with E-state index in [4.69, 9.17) is 9.47 Å². The standard InChI is InChI=1S/C26H37N5O3/c1-17-13-27-26(30-25(17)33-16-21-5-7-22(8-6-21)28-20(4)32)29-23-9-11-24(12-10-23)31-14-18(2)34-19(3)15-31/h9-13,18-19,21-22H,5-8,14-16H2,1-4H3,(H,28,32)(H,27,29,30)/t18-,19+,21?,22?. The summed E-state index contributed by atoms with van der Waals surface area (Å²) >= 11 is 0. The summed E-state index contributed by atoms with van der Waals surface area (Å²) in [5.74, 6) is 1.68. The van der Waals surface area contributed by atoms with Gasteiger partial charge < -0.3 is 25.0 Å². The molecule has 34 heavy (non-hydrogen) atoms. The van der Waals surface area contributed by atoms with Crippen molar-refractivity contribution in [3.63, 3.8) is 0 Å². The van der Waals surface area contributed by atoms with Crippen molar-refractivity contribution < 1.29 is 14.3 Å². The van der Waals surface area contributed by atoms with E-state index in [1.165, 1.54) is 5.69 Å². The summed E-state index contributed by atoms with van der Waals surface area (Å²) in [6.45, 7) is 10.2. The minimum atomic E-state index is 0.0521. The Morgan fingerprint density at radius 1 is 1.12 bits per heavy atom. The molecule has 0 spiro atoms. The third kappa shape index (κ3) is 6.59. The van der Waals surface area contributed by atoms with Crippen LogP contribution in [0.1, 0.15) is 52.0 Å². The fourth-order valence-electron chi connectivity index (χ4n) is 4.86. The molecule has 0 radical (unpaired) electrons. The molecule has 2 heterocycles. The van der Waals surface area contributed by atoms with Crippen LogP contribution in [0.2, 0.25) is 0 Å². The van der Waals surface area contributed by atoms with Crippen molar-refractivity contribution in [2.24, 2.45) is 5.92 Å². The summed E-state index contributed by atoms with van der Waals surface area (Å²) in [5, 5.41) is 6.32. The highest BCUT2D eigenvalue weighted by Crippen LogP contribution is 2.27. The van der Waals surface area contributed by atoms with Crippen molar-refractivity contribution in [3.8, 4) is 5.88 Å². The summed E-state index contributed by atoms with van der Waals surface area (Å²) in [6, 6.07) is 8.65. The van der Waals surface area contributed by atoms with Crippen LogP contribution in [-0.4, -0.2) is 53.8 Å². The number of nitrogens with zero attached hydrogens (tertiary/aromatic N) is 3. The van der Waals surface area contributed by atoms with Gasteiger partial charge in [-0.15, -0.1) is 0 Å². The molecule has 2 fully saturated rings. The highest BCUT2D eigenvalue weighted by atomic mass is 16.5. The highest BCUT2D eigenvalue weighted by molar-refractivity contribution is 5.73. The summed E-state index contributed by atoms with van der Waals surface area (Å²) in [5.41, 5.74) is 3.04. The van der Waals surface area contributed by atoms with E-state index in [1.54, 1.807) is 13.1 Å². The molecule has 2 N–H and O–H groups in total. The second kappa shape index (κ2) is 11.0. The maximum Gasteiger partial charge on any atom is 0.230 e. The van der Waals surface area contributed by atoms with E-state index in [9.17, 15) is 4.79 Å². The van der Waals surface area contributed by atoms with Crippen molar-refractivity contribution in [1.29, 1.82) is 0 Å². The predicted molar refractivity (Wildman–Crippen MR) is 134 cm³/mol. The largest absolute Gasteiger partial charge is 0.477 e. The molecule has 1 aliphatic carbocycles. The summed E-state index contributed by atoms with van der Waals surface area (Å²) in [7, 11) is 0. The van der Waals surface area contributed by atoms with E-state index in [0.29, 0.717) is 30.4 Å². The minimum absolute atomic E-state index is 0.0521. The Balaban J connectivity index is 1.31. The number of amides is 1. The van der Waals surface area contributed by atoms with Crippen LogP contribution in [0, 0.1) is 12.8 Å². The second-order valence-electron chi connectivity index (χ2n) is 9.75. The zero-order valence-corrected chi connectivity index (χ0v) is 20.7. The molecule has 4 rings (SSSR count). The zero-order chi connectivity index (χ0) is 24.1. The number of nitrogens with one attached hydrogen (secondary N) is 2. The topological polar surface area (TPSA) is 88.6 Å². The smallest absolute Gasteiger partial charge is 0.230 e. The molecular weight excluding hydrogens is 430 g/mol. The van der Waals surface area contributed by atoms with E-state index in [0.717, 1.165) is 50.0 Å². The molecule has 1 saturated carbocycles. The molecule has 1 saturated heterocycles. The van der Waals surface area contributed by atoms with E-state index in [1.807, 2.05) is 6.92 Å². The van der Waals surface area contributed by atoms with Crippen LogP contribution in [-0.2, 0) is 9.53 Å². The maximum absolute atomic E-state index is 11.3. The van der Waals surface area contributed by atoms with Crippen LogP contribution in [0.3, 0.4) is 0 Å². The number of ether oxygens (including phenoxy) is 2. The Kier molecular flexibility index (Phi) is 7.88. The van der Waals surface area contributed by atoms with Gasteiger partial charge in [-0.3, -0.25) is 4.79 Å². The lowest BCUT2D eigenvalue weighted by Gasteiger charge is -2.36. The van der Waals surface area contributed by atoms with Crippen LogP contribution >= 0.6 is 0 Å². The molecule has 8 heteroatoms. The van der Waals surface area contributed by atoms with Crippen molar-refractivity contribution >= 4 is 23.2 Å². The van der Waals surface area contributed by atoms with Gasteiger partial charge in [0.15, 0.2) is 0 Å². The number of carbonyl (C=O) groups excluding carboxylic acids is 1. The summed E-state index contributed by atoms with van der Waals surface area (Å²) < 4.78 is 11.9. The van der Waals surface area contributed by atoms with E-state index < -0.39 is 0 Å². The van der Waals surface area contributed by atoms with Gasteiger partial charge in [-0.25, -0.2) is 4.98 Å². The lowest BCUT2D eigenvalue weighted by molar-refractivity contribution is -0.119. The number of benzene rings is 1. The molecule has 2 atom stereocenters. The molecule has 2 aromatic rings. The van der Waals surface area contributed by atoms with Crippen LogP contribution in [0.15, 0.2) is 30.5 Å². The van der Waals surface area contributed by atoms with Gasteiger partial charge in [0.1, 0.15) is 0 Å². The molecule has 0 unspecified atom stereocenters. The zero-order valence-electron chi connectivity index (χ0n) is 20.7. The Hall–Kier alpha value is -2.87. The lowest BCUT2D eigenvalue weighted by atomic mass is 9.86. The van der Waals surface area contributed by atoms with Crippen molar-refractivity contribution in [3.05, 3.63) is 36.0 Å².